The number of anilines is 1. The third-order valence-corrected chi connectivity index (χ3v) is 3.11. The van der Waals surface area contributed by atoms with Crippen LogP contribution in [0.15, 0.2) is 30.3 Å². The van der Waals surface area contributed by atoms with Gasteiger partial charge in [0.05, 0.1) is 11.2 Å². The van der Waals surface area contributed by atoms with Crippen LogP contribution in [0.1, 0.15) is 10.5 Å². The summed E-state index contributed by atoms with van der Waals surface area (Å²) < 4.78 is 1.87. The van der Waals surface area contributed by atoms with Crippen LogP contribution in [0.4, 0.5) is 5.69 Å². The zero-order valence-corrected chi connectivity index (χ0v) is 9.71. The summed E-state index contributed by atoms with van der Waals surface area (Å²) in [5, 5.41) is 10.9. The van der Waals surface area contributed by atoms with E-state index in [2.05, 4.69) is 4.98 Å². The Balaban J connectivity index is 2.53. The number of hydrogen-bond acceptors (Lipinski definition) is 3. The number of para-hydroxylation sites is 1. The first kappa shape index (κ1) is 10.6. The number of rotatable bonds is 1. The minimum absolute atomic E-state index is 0.103. The van der Waals surface area contributed by atoms with E-state index < -0.39 is 5.97 Å². The van der Waals surface area contributed by atoms with Crippen LogP contribution in [0, 0.1) is 0 Å². The summed E-state index contributed by atoms with van der Waals surface area (Å²) in [6.07, 6.45) is 0. The average Bonchev–Trinajstić information content (AvgIpc) is 2.62. The topological polar surface area (TPSA) is 81.1 Å². The van der Waals surface area contributed by atoms with E-state index in [4.69, 9.17) is 10.8 Å². The fourth-order valence-corrected chi connectivity index (χ4v) is 2.25. The molecule has 0 spiro atoms. The molecule has 0 unspecified atom stereocenters. The van der Waals surface area contributed by atoms with Gasteiger partial charge in [0.25, 0.3) is 0 Å². The molecule has 0 saturated heterocycles. The smallest absolute Gasteiger partial charge is 0.356 e. The van der Waals surface area contributed by atoms with E-state index in [0.717, 1.165) is 16.3 Å². The highest BCUT2D eigenvalue weighted by Gasteiger charge is 2.15. The Morgan fingerprint density at radius 3 is 2.78 bits per heavy atom. The number of nitrogens with two attached hydrogens (primary N) is 1. The molecule has 0 radical (unpaired) electrons. The van der Waals surface area contributed by atoms with Crippen molar-refractivity contribution in [3.05, 3.63) is 36.0 Å². The molecule has 18 heavy (non-hydrogen) atoms. The molecule has 0 amide bonds. The molecule has 0 aliphatic carbocycles. The van der Waals surface area contributed by atoms with Gasteiger partial charge in [-0.2, -0.15) is 0 Å². The normalized spacial score (nSPS) is 11.2. The Bertz CT molecular complexity index is 790. The number of carboxylic acid groups (broad SMARTS) is 1. The lowest BCUT2D eigenvalue weighted by molar-refractivity contribution is 0.0692. The maximum absolute atomic E-state index is 11.0. The second kappa shape index (κ2) is 3.46. The van der Waals surface area contributed by atoms with E-state index >= 15 is 0 Å². The van der Waals surface area contributed by atoms with E-state index in [0.29, 0.717) is 5.65 Å². The van der Waals surface area contributed by atoms with Gasteiger partial charge in [0.2, 0.25) is 0 Å². The molecule has 0 aliphatic rings. The van der Waals surface area contributed by atoms with Crippen molar-refractivity contribution in [2.75, 3.05) is 5.73 Å². The highest BCUT2D eigenvalue weighted by Crippen LogP contribution is 2.29. The van der Waals surface area contributed by atoms with Gasteiger partial charge in [0, 0.05) is 17.8 Å². The van der Waals surface area contributed by atoms with Crippen LogP contribution in [0.5, 0.6) is 0 Å². The summed E-state index contributed by atoms with van der Waals surface area (Å²) in [5.41, 5.74) is 7.45. The number of carbonyl (C=O) groups is 1. The second-order valence-corrected chi connectivity index (χ2v) is 4.18. The molecule has 3 rings (SSSR count). The molecule has 0 fully saturated rings. The van der Waals surface area contributed by atoms with E-state index in [1.807, 2.05) is 35.9 Å². The molecule has 3 N–H and O–H groups in total. The van der Waals surface area contributed by atoms with Gasteiger partial charge in [-0.25, -0.2) is 9.78 Å². The zero-order chi connectivity index (χ0) is 12.9. The molecule has 5 nitrogen and oxygen atoms in total. The number of benzene rings is 1. The molecule has 0 saturated carbocycles. The van der Waals surface area contributed by atoms with E-state index in [1.54, 1.807) is 6.07 Å². The Hall–Kier alpha value is -2.56. The van der Waals surface area contributed by atoms with Gasteiger partial charge in [-0.15, -0.1) is 0 Å². The van der Waals surface area contributed by atoms with E-state index in [1.165, 1.54) is 0 Å². The molecule has 0 bridgehead atoms. The van der Waals surface area contributed by atoms with Gasteiger partial charge < -0.3 is 15.4 Å². The summed E-state index contributed by atoms with van der Waals surface area (Å²) in [7, 11) is 1.86. The predicted molar refractivity (Wildman–Crippen MR) is 69.6 cm³/mol. The van der Waals surface area contributed by atoms with E-state index in [9.17, 15) is 4.79 Å². The minimum atomic E-state index is -1.11. The first-order valence-corrected chi connectivity index (χ1v) is 5.46. The summed E-state index contributed by atoms with van der Waals surface area (Å²) in [6, 6.07) is 9.48. The highest BCUT2D eigenvalue weighted by atomic mass is 16.4. The van der Waals surface area contributed by atoms with E-state index in [-0.39, 0.29) is 11.4 Å². The fraction of sp³-hybridized carbons (Fsp3) is 0.0769. The van der Waals surface area contributed by atoms with Crippen LogP contribution >= 0.6 is 0 Å². The zero-order valence-electron chi connectivity index (χ0n) is 9.71. The molecule has 0 aliphatic heterocycles. The summed E-state index contributed by atoms with van der Waals surface area (Å²) >= 11 is 0. The Kier molecular flexibility index (Phi) is 2.04. The molecule has 3 aromatic rings. The van der Waals surface area contributed by atoms with Crippen molar-refractivity contribution >= 4 is 33.6 Å². The number of nitrogen functional groups attached to an aromatic ring is 1. The van der Waals surface area contributed by atoms with Gasteiger partial charge in [-0.1, -0.05) is 18.2 Å². The molecular formula is C13H11N3O2. The molecule has 90 valence electrons. The third kappa shape index (κ3) is 1.27. The summed E-state index contributed by atoms with van der Waals surface area (Å²) in [5.74, 6) is -1.11. The van der Waals surface area contributed by atoms with Crippen molar-refractivity contribution in [2.45, 2.75) is 0 Å². The van der Waals surface area contributed by atoms with Crippen molar-refractivity contribution in [3.63, 3.8) is 0 Å². The van der Waals surface area contributed by atoms with Crippen molar-refractivity contribution in [1.29, 1.82) is 0 Å². The SMILES string of the molecule is Cn1c2ccccc2c2cc(N)c(C(=O)O)nc21. The molecule has 1 aromatic carbocycles. The lowest BCUT2D eigenvalue weighted by Crippen LogP contribution is -2.06. The van der Waals surface area contributed by atoms with Crippen LogP contribution in [0.25, 0.3) is 21.9 Å². The number of aromatic nitrogens is 2. The van der Waals surface area contributed by atoms with Gasteiger partial charge in [-0.3, -0.25) is 0 Å². The molecule has 5 heteroatoms. The Morgan fingerprint density at radius 2 is 2.06 bits per heavy atom. The number of fused-ring (bicyclic) bond motifs is 3. The maximum atomic E-state index is 11.0. The third-order valence-electron chi connectivity index (χ3n) is 3.11. The highest BCUT2D eigenvalue weighted by molar-refractivity contribution is 6.09. The largest absolute Gasteiger partial charge is 0.476 e. The summed E-state index contributed by atoms with van der Waals surface area (Å²) in [4.78, 5) is 15.2. The number of carboxylic acids is 1. The van der Waals surface area contributed by atoms with Crippen molar-refractivity contribution in [3.8, 4) is 0 Å². The number of aromatic carboxylic acids is 1. The van der Waals surface area contributed by atoms with Crippen molar-refractivity contribution < 1.29 is 9.90 Å². The predicted octanol–water partition coefficient (Wildman–Crippen LogP) is 2.01. The fourth-order valence-electron chi connectivity index (χ4n) is 2.25. The monoisotopic (exact) mass is 241 g/mol. The van der Waals surface area contributed by atoms with Crippen LogP contribution in [-0.4, -0.2) is 20.6 Å². The number of nitrogens with zero attached hydrogens (tertiary/aromatic N) is 2. The quantitative estimate of drug-likeness (QED) is 0.682. The minimum Gasteiger partial charge on any atom is -0.476 e. The summed E-state index contributed by atoms with van der Waals surface area (Å²) in [6.45, 7) is 0. The number of hydrogen-bond donors (Lipinski definition) is 2. The Labute approximate surface area is 102 Å². The van der Waals surface area contributed by atoms with Crippen molar-refractivity contribution in [2.24, 2.45) is 7.05 Å². The van der Waals surface area contributed by atoms with Gasteiger partial charge in [0.15, 0.2) is 5.69 Å². The number of pyridine rings is 1. The molecular weight excluding hydrogens is 230 g/mol. The first-order chi connectivity index (χ1) is 8.59. The van der Waals surface area contributed by atoms with Crippen LogP contribution in [-0.2, 0) is 7.05 Å². The van der Waals surface area contributed by atoms with Gasteiger partial charge in [0.1, 0.15) is 5.65 Å². The molecule has 2 heterocycles. The average molecular weight is 241 g/mol. The lowest BCUT2D eigenvalue weighted by Gasteiger charge is -2.01. The Morgan fingerprint density at radius 1 is 1.33 bits per heavy atom. The standard InChI is InChI=1S/C13H11N3O2/c1-16-10-5-3-2-4-7(10)8-6-9(14)11(13(17)18)15-12(8)16/h2-6H,14H2,1H3,(H,17,18). The van der Waals surface area contributed by atoms with Crippen LogP contribution in [0.3, 0.4) is 0 Å². The van der Waals surface area contributed by atoms with Crippen LogP contribution in [0.2, 0.25) is 0 Å². The lowest BCUT2D eigenvalue weighted by atomic mass is 10.1. The second-order valence-electron chi connectivity index (χ2n) is 4.18. The molecule has 0 atom stereocenters. The maximum Gasteiger partial charge on any atom is 0.356 e. The van der Waals surface area contributed by atoms with Gasteiger partial charge in [-0.05, 0) is 12.1 Å². The number of aryl methyl sites for hydroxylation is 1. The first-order valence-electron chi connectivity index (χ1n) is 5.46. The molecule has 2 aromatic heterocycles. The van der Waals surface area contributed by atoms with Crippen molar-refractivity contribution in [1.82, 2.24) is 9.55 Å². The van der Waals surface area contributed by atoms with Crippen LogP contribution < -0.4 is 5.73 Å². The van der Waals surface area contributed by atoms with Gasteiger partial charge >= 0.3 is 5.97 Å².